The molecule has 1 aliphatic rings. The van der Waals surface area contributed by atoms with Crippen molar-refractivity contribution in [3.05, 3.63) is 48.2 Å². The van der Waals surface area contributed by atoms with Gasteiger partial charge in [-0.3, -0.25) is 0 Å². The average molecular weight is 384 g/mol. The third kappa shape index (κ3) is 5.24. The van der Waals surface area contributed by atoms with Crippen molar-refractivity contribution in [2.75, 3.05) is 26.8 Å². The molecule has 6 nitrogen and oxygen atoms in total. The fourth-order valence-electron chi connectivity index (χ4n) is 2.70. The number of nitrogens with zero attached hydrogens (tertiary/aromatic N) is 1. The van der Waals surface area contributed by atoms with Crippen molar-refractivity contribution in [3.63, 3.8) is 0 Å². The molecule has 0 saturated carbocycles. The number of halogens is 3. The van der Waals surface area contributed by atoms with Crippen molar-refractivity contribution in [3.8, 4) is 17.4 Å². The predicted molar refractivity (Wildman–Crippen MR) is 89.9 cm³/mol. The van der Waals surface area contributed by atoms with Crippen molar-refractivity contribution < 1.29 is 32.1 Å². The Morgan fingerprint density at radius 2 is 1.93 bits per heavy atom. The number of hydrogen-bond donors (Lipinski definition) is 1. The van der Waals surface area contributed by atoms with Gasteiger partial charge in [0.25, 0.3) is 0 Å². The number of nitrogens with one attached hydrogen (secondary N) is 1. The zero-order valence-electron chi connectivity index (χ0n) is 14.5. The molecule has 2 aromatic rings. The maximum atomic E-state index is 12.7. The van der Waals surface area contributed by atoms with Gasteiger partial charge in [-0.15, -0.1) is 13.2 Å². The number of aromatic nitrogens is 1. The van der Waals surface area contributed by atoms with Crippen LogP contribution in [0.25, 0.3) is 0 Å². The molecule has 1 aromatic heterocycles. The highest BCUT2D eigenvalue weighted by molar-refractivity contribution is 5.40. The number of rotatable bonds is 6. The summed E-state index contributed by atoms with van der Waals surface area (Å²) < 4.78 is 59.0. The van der Waals surface area contributed by atoms with Gasteiger partial charge in [0.2, 0.25) is 5.88 Å². The minimum Gasteiger partial charge on any atom is -0.481 e. The molecule has 9 heteroatoms. The summed E-state index contributed by atoms with van der Waals surface area (Å²) in [6.07, 6.45) is -6.03. The minimum absolute atomic E-state index is 0.0568. The van der Waals surface area contributed by atoms with Crippen molar-refractivity contribution in [1.29, 1.82) is 0 Å². The van der Waals surface area contributed by atoms with Crippen LogP contribution in [-0.2, 0) is 4.74 Å². The molecule has 0 bridgehead atoms. The van der Waals surface area contributed by atoms with E-state index >= 15 is 0 Å². The number of ether oxygens (including phenoxy) is 4. The average Bonchev–Trinajstić information content (AvgIpc) is 2.67. The largest absolute Gasteiger partial charge is 0.573 e. The van der Waals surface area contributed by atoms with Crippen molar-refractivity contribution in [2.24, 2.45) is 0 Å². The fourth-order valence-corrected chi connectivity index (χ4v) is 2.70. The van der Waals surface area contributed by atoms with E-state index < -0.39 is 24.3 Å². The first-order chi connectivity index (χ1) is 13.0. The predicted octanol–water partition coefficient (Wildman–Crippen LogP) is 3.10. The molecule has 0 spiro atoms. The molecule has 0 radical (unpaired) electrons. The number of alkyl halides is 3. The van der Waals surface area contributed by atoms with Crippen LogP contribution in [0.15, 0.2) is 42.5 Å². The van der Waals surface area contributed by atoms with Crippen molar-refractivity contribution >= 4 is 0 Å². The van der Waals surface area contributed by atoms with Gasteiger partial charge in [-0.05, 0) is 18.2 Å². The van der Waals surface area contributed by atoms with E-state index in [1.54, 1.807) is 24.3 Å². The Bertz CT molecular complexity index is 751. The maximum absolute atomic E-state index is 12.7. The molecule has 2 heterocycles. The zero-order chi connectivity index (χ0) is 19.3. The van der Waals surface area contributed by atoms with Crippen LogP contribution in [0.3, 0.4) is 0 Å². The first-order valence-electron chi connectivity index (χ1n) is 8.31. The standard InChI is InChI=1S/C18H19F3N2O4/c1-24-16-8-4-5-12(23-16)17(15-11-22-9-10-25-15)26-13-6-2-3-7-14(13)27-18(19,20)21/h2-8,15,17,22H,9-11H2,1H3/t15-,17?/m0/s1. The molecule has 1 aliphatic heterocycles. The van der Waals surface area contributed by atoms with E-state index in [4.69, 9.17) is 14.2 Å². The Morgan fingerprint density at radius 3 is 2.59 bits per heavy atom. The second kappa shape index (κ2) is 8.45. The molecule has 1 fully saturated rings. The second-order valence-electron chi connectivity index (χ2n) is 5.75. The molecule has 3 rings (SSSR count). The number of para-hydroxylation sites is 2. The second-order valence-corrected chi connectivity index (χ2v) is 5.75. The molecule has 1 aromatic carbocycles. The monoisotopic (exact) mass is 384 g/mol. The van der Waals surface area contributed by atoms with E-state index in [2.05, 4.69) is 15.0 Å². The lowest BCUT2D eigenvalue weighted by Gasteiger charge is -2.31. The van der Waals surface area contributed by atoms with Crippen LogP contribution in [0, 0.1) is 0 Å². The quantitative estimate of drug-likeness (QED) is 0.826. The van der Waals surface area contributed by atoms with Gasteiger partial charge >= 0.3 is 6.36 Å². The third-order valence-corrected chi connectivity index (χ3v) is 3.87. The Kier molecular flexibility index (Phi) is 6.02. The fraction of sp³-hybridized carbons (Fsp3) is 0.389. The van der Waals surface area contributed by atoms with Crippen LogP contribution >= 0.6 is 0 Å². The van der Waals surface area contributed by atoms with Gasteiger partial charge < -0.3 is 24.3 Å². The lowest BCUT2D eigenvalue weighted by atomic mass is 10.1. The van der Waals surface area contributed by atoms with E-state index in [0.717, 1.165) is 0 Å². The van der Waals surface area contributed by atoms with Crippen molar-refractivity contribution in [2.45, 2.75) is 18.6 Å². The van der Waals surface area contributed by atoms with E-state index in [9.17, 15) is 13.2 Å². The number of pyridine rings is 1. The molecule has 1 N–H and O–H groups in total. The Balaban J connectivity index is 1.92. The molecular formula is C18H19F3N2O4. The van der Waals surface area contributed by atoms with Crippen LogP contribution in [0.4, 0.5) is 13.2 Å². The summed E-state index contributed by atoms with van der Waals surface area (Å²) in [5.41, 5.74) is 0.477. The lowest BCUT2D eigenvalue weighted by molar-refractivity contribution is -0.275. The van der Waals surface area contributed by atoms with Gasteiger partial charge in [0.1, 0.15) is 6.10 Å². The van der Waals surface area contributed by atoms with Gasteiger partial charge in [-0.25, -0.2) is 4.98 Å². The van der Waals surface area contributed by atoms with Gasteiger partial charge in [0.15, 0.2) is 17.6 Å². The molecule has 0 amide bonds. The van der Waals surface area contributed by atoms with E-state index in [1.807, 2.05) is 0 Å². The number of methoxy groups -OCH3 is 1. The first kappa shape index (κ1) is 19.2. The molecule has 2 atom stereocenters. The summed E-state index contributed by atoms with van der Waals surface area (Å²) in [5.74, 6) is -0.120. The van der Waals surface area contributed by atoms with Crippen LogP contribution in [0.1, 0.15) is 11.8 Å². The SMILES string of the molecule is COc1cccc(C(Oc2ccccc2OC(F)(F)F)[C@@H]2CNCCO2)n1. The highest BCUT2D eigenvalue weighted by Crippen LogP contribution is 2.36. The summed E-state index contributed by atoms with van der Waals surface area (Å²) in [7, 11) is 1.48. The van der Waals surface area contributed by atoms with Crippen LogP contribution < -0.4 is 19.5 Å². The van der Waals surface area contributed by atoms with Crippen LogP contribution in [0.2, 0.25) is 0 Å². The molecule has 1 unspecified atom stereocenters. The van der Waals surface area contributed by atoms with Gasteiger partial charge in [0.05, 0.1) is 19.4 Å². The van der Waals surface area contributed by atoms with E-state index in [-0.39, 0.29) is 5.75 Å². The minimum atomic E-state index is -4.83. The summed E-state index contributed by atoms with van der Waals surface area (Å²) in [6.45, 7) is 1.60. The highest BCUT2D eigenvalue weighted by atomic mass is 19.4. The smallest absolute Gasteiger partial charge is 0.481 e. The molecule has 1 saturated heterocycles. The number of hydrogen-bond acceptors (Lipinski definition) is 6. The maximum Gasteiger partial charge on any atom is 0.573 e. The third-order valence-electron chi connectivity index (χ3n) is 3.87. The lowest BCUT2D eigenvalue weighted by Crippen LogP contribution is -2.43. The van der Waals surface area contributed by atoms with Gasteiger partial charge in [-0.2, -0.15) is 0 Å². The van der Waals surface area contributed by atoms with Gasteiger partial charge in [-0.1, -0.05) is 18.2 Å². The van der Waals surface area contributed by atoms with E-state index in [1.165, 1.54) is 25.3 Å². The normalized spacial score (nSPS) is 18.6. The van der Waals surface area contributed by atoms with Crippen molar-refractivity contribution in [1.82, 2.24) is 10.3 Å². The molecule has 146 valence electrons. The van der Waals surface area contributed by atoms with Gasteiger partial charge in [0, 0.05) is 19.2 Å². The topological polar surface area (TPSA) is 61.8 Å². The number of morpholine rings is 1. The summed E-state index contributed by atoms with van der Waals surface area (Å²) in [6, 6.07) is 10.7. The van der Waals surface area contributed by atoms with Crippen LogP contribution in [-0.4, -0.2) is 44.3 Å². The van der Waals surface area contributed by atoms with E-state index in [0.29, 0.717) is 31.3 Å². The Hall–Kier alpha value is -2.52. The Labute approximate surface area is 154 Å². The highest BCUT2D eigenvalue weighted by Gasteiger charge is 2.34. The summed E-state index contributed by atoms with van der Waals surface area (Å²) in [5, 5.41) is 3.18. The summed E-state index contributed by atoms with van der Waals surface area (Å²) in [4.78, 5) is 4.35. The molecule has 27 heavy (non-hydrogen) atoms. The first-order valence-corrected chi connectivity index (χ1v) is 8.31. The Morgan fingerprint density at radius 1 is 1.15 bits per heavy atom. The molecule has 0 aliphatic carbocycles. The zero-order valence-corrected chi connectivity index (χ0v) is 14.5. The van der Waals surface area contributed by atoms with Crippen LogP contribution in [0.5, 0.6) is 17.4 Å². The molecular weight excluding hydrogens is 365 g/mol. The summed E-state index contributed by atoms with van der Waals surface area (Å²) >= 11 is 0. The number of benzene rings is 1.